The smallest absolute Gasteiger partial charge is 0.263 e. The Morgan fingerprint density at radius 3 is 2.69 bits per heavy atom. The van der Waals surface area contributed by atoms with Gasteiger partial charge in [-0.15, -0.1) is 16.8 Å². The summed E-state index contributed by atoms with van der Waals surface area (Å²) < 4.78 is 3.34. The summed E-state index contributed by atoms with van der Waals surface area (Å²) in [6, 6.07) is 14.7. The van der Waals surface area contributed by atoms with Gasteiger partial charge >= 0.3 is 0 Å². The number of aromatic nitrogens is 4. The number of hydrogen-bond donors (Lipinski definition) is 1. The Morgan fingerprint density at radius 2 is 1.97 bits per heavy atom. The number of para-hydroxylation sites is 1. The van der Waals surface area contributed by atoms with Crippen molar-refractivity contribution in [1.82, 2.24) is 24.5 Å². The third-order valence-corrected chi connectivity index (χ3v) is 6.32. The van der Waals surface area contributed by atoms with Gasteiger partial charge in [0.15, 0.2) is 5.16 Å². The second-order valence-electron chi connectivity index (χ2n) is 7.21. The van der Waals surface area contributed by atoms with Gasteiger partial charge in [0.25, 0.3) is 5.56 Å². The fraction of sp³-hybridized carbons (Fsp3) is 0.217. The van der Waals surface area contributed by atoms with Crippen LogP contribution in [0.3, 0.4) is 0 Å². The fourth-order valence-corrected chi connectivity index (χ4v) is 4.48. The van der Waals surface area contributed by atoms with Crippen molar-refractivity contribution in [2.75, 3.05) is 5.75 Å². The Balaban J connectivity index is 1.59. The monoisotopic (exact) mass is 467 g/mol. The number of carbonyl (C=O) groups excluding carboxylic acids is 1. The lowest BCUT2D eigenvalue weighted by atomic mass is 10.0. The molecule has 0 saturated carbocycles. The summed E-state index contributed by atoms with van der Waals surface area (Å²) in [5.41, 5.74) is 1.55. The molecule has 0 saturated heterocycles. The highest BCUT2D eigenvalue weighted by Gasteiger charge is 2.18. The molecule has 4 aromatic rings. The topological polar surface area (TPSA) is 81.3 Å². The van der Waals surface area contributed by atoms with Gasteiger partial charge in [-0.25, -0.2) is 0 Å². The highest BCUT2D eigenvalue weighted by atomic mass is 35.5. The third kappa shape index (κ3) is 4.28. The van der Waals surface area contributed by atoms with Crippen molar-refractivity contribution in [3.63, 3.8) is 0 Å². The summed E-state index contributed by atoms with van der Waals surface area (Å²) >= 11 is 7.25. The highest BCUT2D eigenvalue weighted by Crippen LogP contribution is 2.23. The first-order chi connectivity index (χ1) is 15.5. The van der Waals surface area contributed by atoms with Gasteiger partial charge in [-0.2, -0.15) is 0 Å². The minimum atomic E-state index is -0.150. The number of carbonyl (C=O) groups is 1. The predicted molar refractivity (Wildman–Crippen MR) is 128 cm³/mol. The van der Waals surface area contributed by atoms with Gasteiger partial charge < -0.3 is 5.32 Å². The zero-order valence-corrected chi connectivity index (χ0v) is 19.1. The molecule has 164 valence electrons. The Labute approximate surface area is 194 Å². The van der Waals surface area contributed by atoms with Crippen molar-refractivity contribution in [1.29, 1.82) is 0 Å². The molecule has 0 aliphatic heterocycles. The summed E-state index contributed by atoms with van der Waals surface area (Å²) in [6.07, 6.45) is 2.40. The van der Waals surface area contributed by atoms with Crippen LogP contribution >= 0.6 is 23.4 Å². The molecule has 0 bridgehead atoms. The Bertz CT molecular complexity index is 1350. The molecule has 2 heterocycles. The van der Waals surface area contributed by atoms with E-state index < -0.39 is 0 Å². The minimum absolute atomic E-state index is 0.103. The molecule has 0 aliphatic rings. The van der Waals surface area contributed by atoms with E-state index in [1.165, 1.54) is 16.3 Å². The van der Waals surface area contributed by atoms with Gasteiger partial charge in [-0.1, -0.05) is 60.6 Å². The van der Waals surface area contributed by atoms with Crippen LogP contribution in [-0.4, -0.2) is 30.8 Å². The largest absolute Gasteiger partial charge is 0.349 e. The van der Waals surface area contributed by atoms with E-state index in [9.17, 15) is 9.59 Å². The first kappa shape index (κ1) is 22.1. The van der Waals surface area contributed by atoms with Crippen LogP contribution in [0.2, 0.25) is 5.02 Å². The van der Waals surface area contributed by atoms with Gasteiger partial charge in [0.1, 0.15) is 0 Å². The zero-order chi connectivity index (χ0) is 22.7. The number of thioether (sulfide) groups is 1. The third-order valence-electron chi connectivity index (χ3n) is 5.14. The average Bonchev–Trinajstić information content (AvgIpc) is 3.23. The molecule has 9 heteroatoms. The number of amides is 1. The van der Waals surface area contributed by atoms with Crippen LogP contribution in [0.1, 0.15) is 24.9 Å². The number of halogens is 1. The van der Waals surface area contributed by atoms with E-state index in [0.717, 1.165) is 12.0 Å². The van der Waals surface area contributed by atoms with Gasteiger partial charge in [0.05, 0.1) is 22.7 Å². The molecular formula is C23H22ClN5O2S. The van der Waals surface area contributed by atoms with Crippen LogP contribution in [0.25, 0.3) is 16.7 Å². The van der Waals surface area contributed by atoms with Crippen LogP contribution in [0.15, 0.2) is 71.1 Å². The number of allylic oxidation sites excluding steroid dienone is 1. The molecule has 7 nitrogen and oxygen atoms in total. The maximum absolute atomic E-state index is 12.9. The molecule has 4 rings (SSSR count). The van der Waals surface area contributed by atoms with Gasteiger partial charge in [0.2, 0.25) is 11.7 Å². The first-order valence-electron chi connectivity index (χ1n) is 10.2. The number of hydrogen-bond acceptors (Lipinski definition) is 5. The Hall–Kier alpha value is -3.10. The summed E-state index contributed by atoms with van der Waals surface area (Å²) in [5.74, 6) is 0.473. The van der Waals surface area contributed by atoms with E-state index in [-0.39, 0.29) is 23.3 Å². The van der Waals surface area contributed by atoms with Crippen molar-refractivity contribution in [3.05, 3.63) is 82.1 Å². The molecule has 0 fully saturated rings. The van der Waals surface area contributed by atoms with E-state index in [1.54, 1.807) is 12.1 Å². The van der Waals surface area contributed by atoms with Gasteiger partial charge in [0, 0.05) is 11.6 Å². The maximum atomic E-state index is 12.9. The molecule has 0 aliphatic carbocycles. The predicted octanol–water partition coefficient (Wildman–Crippen LogP) is 4.24. The van der Waals surface area contributed by atoms with E-state index >= 15 is 0 Å². The molecule has 1 atom stereocenters. The number of fused-ring (bicyclic) bond motifs is 3. The number of nitrogens with one attached hydrogen (secondary N) is 1. The standard InChI is InChI=1S/C23H22ClN5O2S/c1-3-13-28-21(31)17-7-5-6-8-19(17)29-22(28)26-27-23(29)32-14-20(30)25-18(4-2)15-9-11-16(24)12-10-15/h3,5-12,18H,1,4,13-14H2,2H3,(H,25,30). The van der Waals surface area contributed by atoms with Gasteiger partial charge in [-0.05, 0) is 36.2 Å². The number of benzene rings is 2. The SMILES string of the molecule is C=CCn1c(=O)c2ccccc2n2c(SCC(=O)NC(CC)c3ccc(Cl)cc3)nnc12. The lowest BCUT2D eigenvalue weighted by Crippen LogP contribution is -2.29. The summed E-state index contributed by atoms with van der Waals surface area (Å²) in [5, 5.41) is 13.3. The molecule has 32 heavy (non-hydrogen) atoms. The second kappa shape index (κ2) is 9.58. The Kier molecular flexibility index (Phi) is 6.62. The van der Waals surface area contributed by atoms with Gasteiger partial charge in [-0.3, -0.25) is 18.6 Å². The van der Waals surface area contributed by atoms with Crippen LogP contribution in [0.4, 0.5) is 0 Å². The van der Waals surface area contributed by atoms with Crippen molar-refractivity contribution >= 4 is 46.0 Å². The number of nitrogens with zero attached hydrogens (tertiary/aromatic N) is 4. The zero-order valence-electron chi connectivity index (χ0n) is 17.5. The second-order valence-corrected chi connectivity index (χ2v) is 8.59. The summed E-state index contributed by atoms with van der Waals surface area (Å²) in [6.45, 7) is 6.07. The molecule has 1 unspecified atom stereocenters. The molecule has 0 spiro atoms. The molecule has 2 aromatic heterocycles. The van der Waals surface area contributed by atoms with Crippen molar-refractivity contribution in [2.24, 2.45) is 0 Å². The fourth-order valence-electron chi connectivity index (χ4n) is 3.60. The molecule has 1 N–H and O–H groups in total. The molecular weight excluding hydrogens is 446 g/mol. The van der Waals surface area contributed by atoms with E-state index in [2.05, 4.69) is 22.1 Å². The van der Waals surface area contributed by atoms with Crippen LogP contribution in [-0.2, 0) is 11.3 Å². The highest BCUT2D eigenvalue weighted by molar-refractivity contribution is 7.99. The van der Waals surface area contributed by atoms with Crippen LogP contribution in [0.5, 0.6) is 0 Å². The van der Waals surface area contributed by atoms with Crippen molar-refractivity contribution in [2.45, 2.75) is 31.1 Å². The van der Waals surface area contributed by atoms with E-state index in [1.807, 2.05) is 53.8 Å². The first-order valence-corrected chi connectivity index (χ1v) is 11.5. The molecule has 2 aromatic carbocycles. The van der Waals surface area contributed by atoms with E-state index in [0.29, 0.717) is 33.4 Å². The number of rotatable bonds is 8. The van der Waals surface area contributed by atoms with Crippen LogP contribution in [0, 0.1) is 0 Å². The van der Waals surface area contributed by atoms with Crippen LogP contribution < -0.4 is 10.9 Å². The Morgan fingerprint density at radius 1 is 1.22 bits per heavy atom. The van der Waals surface area contributed by atoms with Crippen molar-refractivity contribution < 1.29 is 4.79 Å². The lowest BCUT2D eigenvalue weighted by Gasteiger charge is -2.17. The van der Waals surface area contributed by atoms with E-state index in [4.69, 9.17) is 11.6 Å². The maximum Gasteiger partial charge on any atom is 0.263 e. The quantitative estimate of drug-likeness (QED) is 0.309. The lowest BCUT2D eigenvalue weighted by molar-refractivity contribution is -0.119. The minimum Gasteiger partial charge on any atom is -0.349 e. The molecule has 0 radical (unpaired) electrons. The summed E-state index contributed by atoms with van der Waals surface area (Å²) in [7, 11) is 0. The summed E-state index contributed by atoms with van der Waals surface area (Å²) in [4.78, 5) is 25.6. The average molecular weight is 468 g/mol. The normalized spacial score (nSPS) is 12.2. The molecule has 1 amide bonds. The van der Waals surface area contributed by atoms with Crippen molar-refractivity contribution in [3.8, 4) is 0 Å².